The number of thioether (sulfide) groups is 1. The summed E-state index contributed by atoms with van der Waals surface area (Å²) < 4.78 is 6.27. The molecule has 2 amide bonds. The number of esters is 1. The predicted octanol–water partition coefficient (Wildman–Crippen LogP) is 7.21. The van der Waals surface area contributed by atoms with Crippen LogP contribution < -0.4 is 4.74 Å². The number of hydrogen-bond donors (Lipinski definition) is 0. The van der Waals surface area contributed by atoms with Crippen molar-refractivity contribution in [1.29, 1.82) is 0 Å². The minimum absolute atomic E-state index is 0.0662. The number of benzene rings is 3. The number of halogens is 3. The van der Waals surface area contributed by atoms with Crippen LogP contribution in [-0.4, -0.2) is 22.0 Å². The number of imide groups is 1. The summed E-state index contributed by atoms with van der Waals surface area (Å²) in [5.74, 6) is -0.806. The van der Waals surface area contributed by atoms with Crippen LogP contribution in [0.15, 0.2) is 76.1 Å². The Hall–Kier alpha value is -2.58. The van der Waals surface area contributed by atoms with Crippen molar-refractivity contribution in [2.24, 2.45) is 0 Å². The van der Waals surface area contributed by atoms with Gasteiger partial charge in [0.1, 0.15) is 5.75 Å². The van der Waals surface area contributed by atoms with Gasteiger partial charge in [-0.2, -0.15) is 0 Å². The highest BCUT2D eigenvalue weighted by Gasteiger charge is 2.35. The van der Waals surface area contributed by atoms with Crippen LogP contribution in [0.1, 0.15) is 21.5 Å². The van der Waals surface area contributed by atoms with E-state index in [1.54, 1.807) is 60.7 Å². The predicted molar refractivity (Wildman–Crippen MR) is 134 cm³/mol. The Morgan fingerprint density at radius 3 is 2.58 bits per heavy atom. The topological polar surface area (TPSA) is 63.7 Å². The maximum atomic E-state index is 13.0. The van der Waals surface area contributed by atoms with Gasteiger partial charge < -0.3 is 4.74 Å². The molecule has 1 heterocycles. The van der Waals surface area contributed by atoms with Crippen LogP contribution in [0.5, 0.6) is 5.75 Å². The molecule has 0 saturated carbocycles. The van der Waals surface area contributed by atoms with Gasteiger partial charge in [0, 0.05) is 20.1 Å². The molecule has 0 unspecified atom stereocenters. The molecule has 3 aromatic rings. The van der Waals surface area contributed by atoms with Gasteiger partial charge in [-0.15, -0.1) is 0 Å². The Bertz CT molecular complexity index is 1310. The van der Waals surface area contributed by atoms with E-state index in [1.807, 2.05) is 0 Å². The Balaban J connectivity index is 1.60. The van der Waals surface area contributed by atoms with Crippen molar-refractivity contribution in [2.75, 3.05) is 0 Å². The summed E-state index contributed by atoms with van der Waals surface area (Å²) in [5.41, 5.74) is 1.42. The van der Waals surface area contributed by atoms with Crippen LogP contribution in [0.4, 0.5) is 4.79 Å². The summed E-state index contributed by atoms with van der Waals surface area (Å²) in [7, 11) is 0. The third kappa shape index (κ3) is 5.50. The third-order valence-corrected chi connectivity index (χ3v) is 6.69. The molecule has 5 nitrogen and oxygen atoms in total. The van der Waals surface area contributed by atoms with Gasteiger partial charge in [0.15, 0.2) is 0 Å². The fourth-order valence-electron chi connectivity index (χ4n) is 3.07. The number of nitrogens with zero attached hydrogens (tertiary/aromatic N) is 1. The average Bonchev–Trinajstić information content (AvgIpc) is 3.04. The Morgan fingerprint density at radius 1 is 1.03 bits per heavy atom. The smallest absolute Gasteiger partial charge is 0.343 e. The first kappa shape index (κ1) is 23.6. The number of carbonyl (C=O) groups is 3. The van der Waals surface area contributed by atoms with E-state index in [-0.39, 0.29) is 22.8 Å². The van der Waals surface area contributed by atoms with E-state index in [9.17, 15) is 14.4 Å². The Labute approximate surface area is 212 Å². The lowest BCUT2D eigenvalue weighted by molar-refractivity contribution is -0.123. The second-order valence-corrected chi connectivity index (χ2v) is 9.69. The molecule has 3 aromatic carbocycles. The largest absolute Gasteiger partial charge is 0.422 e. The van der Waals surface area contributed by atoms with Crippen molar-refractivity contribution < 1.29 is 19.1 Å². The van der Waals surface area contributed by atoms with Gasteiger partial charge in [-0.25, -0.2) is 4.79 Å². The van der Waals surface area contributed by atoms with Gasteiger partial charge in [-0.3, -0.25) is 14.5 Å². The van der Waals surface area contributed by atoms with Gasteiger partial charge in [0.25, 0.3) is 11.1 Å². The monoisotopic (exact) mass is 561 g/mol. The zero-order chi connectivity index (χ0) is 23.5. The van der Waals surface area contributed by atoms with Crippen LogP contribution in [0, 0.1) is 0 Å². The van der Waals surface area contributed by atoms with Gasteiger partial charge in [0.2, 0.25) is 0 Å². The van der Waals surface area contributed by atoms with Gasteiger partial charge in [-0.05, 0) is 65.9 Å². The Morgan fingerprint density at radius 2 is 1.82 bits per heavy atom. The summed E-state index contributed by atoms with van der Waals surface area (Å²) in [6.45, 7) is 0.0662. The van der Waals surface area contributed by atoms with Crippen molar-refractivity contribution in [3.05, 3.63) is 103 Å². The van der Waals surface area contributed by atoms with Crippen LogP contribution in [-0.2, 0) is 11.3 Å². The maximum Gasteiger partial charge on any atom is 0.343 e. The lowest BCUT2D eigenvalue weighted by Gasteiger charge is -2.13. The van der Waals surface area contributed by atoms with E-state index in [0.717, 1.165) is 16.7 Å². The molecule has 0 aromatic heterocycles. The highest BCUT2D eigenvalue weighted by Crippen LogP contribution is 2.36. The fraction of sp³-hybridized carbons (Fsp3) is 0.0417. The molecule has 0 radical (unpaired) electrons. The van der Waals surface area contributed by atoms with E-state index < -0.39 is 17.1 Å². The number of carbonyl (C=O) groups excluding carboxylic acids is 3. The summed E-state index contributed by atoms with van der Waals surface area (Å²) in [6, 6.07) is 18.4. The van der Waals surface area contributed by atoms with Crippen LogP contribution in [0.3, 0.4) is 0 Å². The molecule has 0 spiro atoms. The second kappa shape index (κ2) is 10.1. The molecule has 1 aliphatic rings. The Kier molecular flexibility index (Phi) is 7.24. The van der Waals surface area contributed by atoms with Gasteiger partial charge >= 0.3 is 5.97 Å². The van der Waals surface area contributed by atoms with E-state index in [0.29, 0.717) is 25.6 Å². The normalized spacial score (nSPS) is 14.8. The van der Waals surface area contributed by atoms with Crippen LogP contribution in [0.25, 0.3) is 6.08 Å². The minimum atomic E-state index is -0.596. The van der Waals surface area contributed by atoms with Gasteiger partial charge in [-0.1, -0.05) is 63.4 Å². The number of rotatable bonds is 5. The average molecular weight is 563 g/mol. The van der Waals surface area contributed by atoms with E-state index in [1.165, 1.54) is 12.1 Å². The van der Waals surface area contributed by atoms with Crippen LogP contribution in [0.2, 0.25) is 10.0 Å². The maximum absolute atomic E-state index is 13.0. The molecule has 33 heavy (non-hydrogen) atoms. The van der Waals surface area contributed by atoms with Gasteiger partial charge in [0.05, 0.1) is 17.0 Å². The second-order valence-electron chi connectivity index (χ2n) is 6.94. The fourth-order valence-corrected chi connectivity index (χ4v) is 4.67. The summed E-state index contributed by atoms with van der Waals surface area (Å²) in [4.78, 5) is 39.4. The molecule has 4 rings (SSSR count). The van der Waals surface area contributed by atoms with Crippen molar-refractivity contribution >= 4 is 74.1 Å². The summed E-state index contributed by atoms with van der Waals surface area (Å²) in [6.07, 6.45) is 1.53. The number of hydrogen-bond acceptors (Lipinski definition) is 5. The molecule has 1 aliphatic heterocycles. The zero-order valence-electron chi connectivity index (χ0n) is 16.8. The van der Waals surface area contributed by atoms with Crippen molar-refractivity contribution in [3.63, 3.8) is 0 Å². The van der Waals surface area contributed by atoms with Crippen molar-refractivity contribution in [1.82, 2.24) is 4.90 Å². The highest BCUT2D eigenvalue weighted by atomic mass is 79.9. The standard InChI is InChI=1S/C24H14BrCl2NO4S/c25-17-8-9-20(32-23(30)14-5-3-6-18(26)11-14)16(10-17)12-21-22(29)28(24(31)33-21)13-15-4-1-2-7-19(15)27/h1-12H,13H2/b21-12-. The van der Waals surface area contributed by atoms with Crippen LogP contribution >= 0.6 is 50.9 Å². The lowest BCUT2D eigenvalue weighted by Crippen LogP contribution is -2.27. The van der Waals surface area contributed by atoms with Crippen molar-refractivity contribution in [2.45, 2.75) is 6.54 Å². The molecule has 0 aliphatic carbocycles. The molecular formula is C24H14BrCl2NO4S. The summed E-state index contributed by atoms with van der Waals surface area (Å²) >= 11 is 16.3. The third-order valence-electron chi connectivity index (χ3n) is 4.68. The van der Waals surface area contributed by atoms with E-state index >= 15 is 0 Å². The van der Waals surface area contributed by atoms with Crippen molar-refractivity contribution in [3.8, 4) is 5.75 Å². The summed E-state index contributed by atoms with van der Waals surface area (Å²) in [5, 5.41) is 0.481. The lowest BCUT2D eigenvalue weighted by atomic mass is 10.1. The zero-order valence-corrected chi connectivity index (χ0v) is 20.7. The SMILES string of the molecule is O=C(Oc1ccc(Br)cc1/C=C1\SC(=O)N(Cc2ccccc2Cl)C1=O)c1cccc(Cl)c1. The highest BCUT2D eigenvalue weighted by molar-refractivity contribution is 9.10. The first-order valence-corrected chi connectivity index (χ1v) is 11.9. The quantitative estimate of drug-likeness (QED) is 0.187. The molecule has 0 atom stereocenters. The molecule has 166 valence electrons. The number of amides is 2. The minimum Gasteiger partial charge on any atom is -0.422 e. The number of ether oxygens (including phenoxy) is 1. The molecule has 9 heteroatoms. The molecule has 0 N–H and O–H groups in total. The van der Waals surface area contributed by atoms with E-state index in [2.05, 4.69) is 15.9 Å². The first-order valence-electron chi connectivity index (χ1n) is 9.58. The molecule has 0 bridgehead atoms. The first-order chi connectivity index (χ1) is 15.8. The molecular weight excluding hydrogens is 549 g/mol. The molecule has 1 fully saturated rings. The van der Waals surface area contributed by atoms with E-state index in [4.69, 9.17) is 27.9 Å². The molecule has 1 saturated heterocycles.